The average Bonchev–Trinajstić information content (AvgIpc) is 2.37. The number of halogens is 1. The van der Waals surface area contributed by atoms with Crippen LogP contribution in [-0.2, 0) is 11.2 Å². The first kappa shape index (κ1) is 15.7. The first-order chi connectivity index (χ1) is 8.93. The van der Waals surface area contributed by atoms with Crippen LogP contribution in [0.1, 0.15) is 44.2 Å². The Hall–Kier alpha value is -1.38. The number of aliphatic carboxylic acids is 1. The van der Waals surface area contributed by atoms with Crippen LogP contribution in [-0.4, -0.2) is 11.1 Å². The molecule has 2 nitrogen and oxygen atoms in total. The molecule has 0 fully saturated rings. The maximum absolute atomic E-state index is 13.4. The van der Waals surface area contributed by atoms with E-state index >= 15 is 0 Å². The minimum Gasteiger partial charge on any atom is -0.481 e. The zero-order valence-electron chi connectivity index (χ0n) is 11.9. The number of hydrogen-bond acceptors (Lipinski definition) is 1. The minimum atomic E-state index is -0.736. The van der Waals surface area contributed by atoms with E-state index in [1.54, 1.807) is 26.0 Å². The van der Waals surface area contributed by atoms with Crippen LogP contribution in [0.3, 0.4) is 0 Å². The molecule has 2 unspecified atom stereocenters. The lowest BCUT2D eigenvalue weighted by atomic mass is 9.88. The monoisotopic (exact) mass is 266 g/mol. The highest BCUT2D eigenvalue weighted by atomic mass is 19.1. The Morgan fingerprint density at radius 2 is 2.11 bits per heavy atom. The van der Waals surface area contributed by atoms with E-state index in [0.717, 1.165) is 24.8 Å². The molecule has 106 valence electrons. The molecule has 0 radical (unpaired) electrons. The molecule has 0 heterocycles. The Balaban J connectivity index is 2.53. The molecule has 2 atom stereocenters. The standard InChI is InChI=1S/C16H23FO2/c1-4-13(9-12(3)16(18)19)7-8-14-6-5-11(2)15(17)10-14/h5-6,10,12-13H,4,7-9H2,1-3H3,(H,18,19). The van der Waals surface area contributed by atoms with E-state index in [2.05, 4.69) is 6.92 Å². The summed E-state index contributed by atoms with van der Waals surface area (Å²) in [5.41, 5.74) is 1.65. The van der Waals surface area contributed by atoms with Gasteiger partial charge < -0.3 is 5.11 Å². The zero-order chi connectivity index (χ0) is 14.4. The molecule has 1 N–H and O–H groups in total. The average molecular weight is 266 g/mol. The summed E-state index contributed by atoms with van der Waals surface area (Å²) in [6, 6.07) is 5.33. The van der Waals surface area contributed by atoms with Crippen molar-refractivity contribution < 1.29 is 14.3 Å². The number of aryl methyl sites for hydroxylation is 2. The highest BCUT2D eigenvalue weighted by molar-refractivity contribution is 5.69. The van der Waals surface area contributed by atoms with Gasteiger partial charge >= 0.3 is 5.97 Å². The third kappa shape index (κ3) is 5.01. The molecule has 19 heavy (non-hydrogen) atoms. The predicted octanol–water partition coefficient (Wildman–Crippen LogP) is 4.20. The van der Waals surface area contributed by atoms with E-state index in [0.29, 0.717) is 17.9 Å². The van der Waals surface area contributed by atoms with Gasteiger partial charge in [0.2, 0.25) is 0 Å². The second-order valence-electron chi connectivity index (χ2n) is 5.37. The molecule has 0 bridgehead atoms. The van der Waals surface area contributed by atoms with E-state index < -0.39 is 5.97 Å². The van der Waals surface area contributed by atoms with Gasteiger partial charge in [-0.25, -0.2) is 4.39 Å². The molecule has 0 saturated heterocycles. The van der Waals surface area contributed by atoms with Crippen molar-refractivity contribution >= 4 is 5.97 Å². The fourth-order valence-electron chi connectivity index (χ4n) is 2.25. The summed E-state index contributed by atoms with van der Waals surface area (Å²) in [6.07, 6.45) is 3.38. The highest BCUT2D eigenvalue weighted by Gasteiger charge is 2.17. The molecule has 0 saturated carbocycles. The molecule has 1 aromatic carbocycles. The third-order valence-corrected chi connectivity index (χ3v) is 3.76. The van der Waals surface area contributed by atoms with Crippen molar-refractivity contribution in [2.24, 2.45) is 11.8 Å². The fraction of sp³-hybridized carbons (Fsp3) is 0.562. The number of carboxylic acids is 1. The fourth-order valence-corrected chi connectivity index (χ4v) is 2.25. The Bertz CT molecular complexity index is 429. The Kier molecular flexibility index (Phi) is 6.00. The van der Waals surface area contributed by atoms with Crippen LogP contribution >= 0.6 is 0 Å². The second-order valence-corrected chi connectivity index (χ2v) is 5.37. The van der Waals surface area contributed by atoms with Gasteiger partial charge in [0.05, 0.1) is 5.92 Å². The normalized spacial score (nSPS) is 14.1. The number of benzene rings is 1. The van der Waals surface area contributed by atoms with Crippen LogP contribution in [0, 0.1) is 24.6 Å². The summed E-state index contributed by atoms with van der Waals surface area (Å²) in [6.45, 7) is 5.58. The van der Waals surface area contributed by atoms with Gasteiger partial charge in [-0.05, 0) is 49.3 Å². The Morgan fingerprint density at radius 1 is 1.42 bits per heavy atom. The quantitative estimate of drug-likeness (QED) is 0.803. The molecule has 1 rings (SSSR count). The first-order valence-corrected chi connectivity index (χ1v) is 6.91. The summed E-state index contributed by atoms with van der Waals surface area (Å²) >= 11 is 0. The largest absolute Gasteiger partial charge is 0.481 e. The second kappa shape index (κ2) is 7.27. The Labute approximate surface area is 114 Å². The van der Waals surface area contributed by atoms with E-state index in [4.69, 9.17) is 5.11 Å². The van der Waals surface area contributed by atoms with Crippen molar-refractivity contribution in [1.82, 2.24) is 0 Å². The number of rotatable bonds is 7. The lowest BCUT2D eigenvalue weighted by Gasteiger charge is -2.17. The van der Waals surface area contributed by atoms with Gasteiger partial charge in [-0.2, -0.15) is 0 Å². The van der Waals surface area contributed by atoms with Gasteiger partial charge in [-0.1, -0.05) is 32.4 Å². The summed E-state index contributed by atoms with van der Waals surface area (Å²) in [4.78, 5) is 10.9. The molecule has 0 aromatic heterocycles. The van der Waals surface area contributed by atoms with Crippen LogP contribution < -0.4 is 0 Å². The van der Waals surface area contributed by atoms with Crippen molar-refractivity contribution in [2.75, 3.05) is 0 Å². The SMILES string of the molecule is CCC(CCc1ccc(C)c(F)c1)CC(C)C(=O)O. The number of hydrogen-bond donors (Lipinski definition) is 1. The highest BCUT2D eigenvalue weighted by Crippen LogP contribution is 2.22. The molecule has 0 aliphatic carbocycles. The van der Waals surface area contributed by atoms with E-state index in [1.807, 2.05) is 6.07 Å². The summed E-state index contributed by atoms with van der Waals surface area (Å²) in [5, 5.41) is 8.93. The zero-order valence-corrected chi connectivity index (χ0v) is 11.9. The Morgan fingerprint density at radius 3 is 2.63 bits per heavy atom. The first-order valence-electron chi connectivity index (χ1n) is 6.91. The molecule has 1 aromatic rings. The molecule has 3 heteroatoms. The summed E-state index contributed by atoms with van der Waals surface area (Å²) in [7, 11) is 0. The minimum absolute atomic E-state index is 0.163. The van der Waals surface area contributed by atoms with Crippen molar-refractivity contribution in [3.05, 3.63) is 35.1 Å². The summed E-state index contributed by atoms with van der Waals surface area (Å²) < 4.78 is 13.4. The van der Waals surface area contributed by atoms with Crippen LogP contribution in [0.15, 0.2) is 18.2 Å². The van der Waals surface area contributed by atoms with Crippen LogP contribution in [0.4, 0.5) is 4.39 Å². The lowest BCUT2D eigenvalue weighted by Crippen LogP contribution is -2.15. The molecular formula is C16H23FO2. The molecule has 0 spiro atoms. The van der Waals surface area contributed by atoms with Crippen LogP contribution in [0.2, 0.25) is 0 Å². The van der Waals surface area contributed by atoms with Crippen molar-refractivity contribution in [3.8, 4) is 0 Å². The van der Waals surface area contributed by atoms with Crippen LogP contribution in [0.25, 0.3) is 0 Å². The van der Waals surface area contributed by atoms with E-state index in [9.17, 15) is 9.18 Å². The predicted molar refractivity (Wildman–Crippen MR) is 74.7 cm³/mol. The molecule has 0 aliphatic heterocycles. The maximum Gasteiger partial charge on any atom is 0.306 e. The van der Waals surface area contributed by atoms with Gasteiger partial charge in [0.1, 0.15) is 5.82 Å². The third-order valence-electron chi connectivity index (χ3n) is 3.76. The van der Waals surface area contributed by atoms with E-state index in [1.165, 1.54) is 0 Å². The van der Waals surface area contributed by atoms with Gasteiger partial charge in [-0.15, -0.1) is 0 Å². The smallest absolute Gasteiger partial charge is 0.306 e. The van der Waals surface area contributed by atoms with Gasteiger partial charge in [0.15, 0.2) is 0 Å². The van der Waals surface area contributed by atoms with Gasteiger partial charge in [-0.3, -0.25) is 4.79 Å². The maximum atomic E-state index is 13.4. The molecule has 0 aliphatic rings. The van der Waals surface area contributed by atoms with Crippen molar-refractivity contribution in [1.29, 1.82) is 0 Å². The summed E-state index contributed by atoms with van der Waals surface area (Å²) in [5.74, 6) is -0.820. The van der Waals surface area contributed by atoms with E-state index in [-0.39, 0.29) is 11.7 Å². The molecular weight excluding hydrogens is 243 g/mol. The van der Waals surface area contributed by atoms with Gasteiger partial charge in [0.25, 0.3) is 0 Å². The van der Waals surface area contributed by atoms with Crippen molar-refractivity contribution in [3.63, 3.8) is 0 Å². The lowest BCUT2D eigenvalue weighted by molar-refractivity contribution is -0.141. The molecule has 0 amide bonds. The number of carbonyl (C=O) groups is 1. The number of carboxylic acid groups (broad SMARTS) is 1. The topological polar surface area (TPSA) is 37.3 Å². The van der Waals surface area contributed by atoms with Crippen molar-refractivity contribution in [2.45, 2.75) is 46.5 Å². The van der Waals surface area contributed by atoms with Crippen LogP contribution in [0.5, 0.6) is 0 Å². The van der Waals surface area contributed by atoms with Gasteiger partial charge in [0, 0.05) is 0 Å².